The van der Waals surface area contributed by atoms with Crippen molar-refractivity contribution in [1.82, 2.24) is 14.8 Å². The first-order valence-corrected chi connectivity index (χ1v) is 11.5. The average molecular weight is 400 g/mol. The Balaban J connectivity index is 1.46. The third-order valence-electron chi connectivity index (χ3n) is 5.67. The van der Waals surface area contributed by atoms with Crippen LogP contribution in [0.25, 0.3) is 0 Å². The summed E-state index contributed by atoms with van der Waals surface area (Å²) in [5.74, 6) is 0.230. The van der Waals surface area contributed by atoms with E-state index in [2.05, 4.69) is 9.88 Å². The Kier molecular flexibility index (Phi) is 5.46. The molecule has 1 aromatic heterocycles. The van der Waals surface area contributed by atoms with Crippen LogP contribution in [0, 0.1) is 0 Å². The van der Waals surface area contributed by atoms with E-state index >= 15 is 0 Å². The van der Waals surface area contributed by atoms with Gasteiger partial charge >= 0.3 is 0 Å². The fourth-order valence-corrected chi connectivity index (χ4v) is 6.28. The van der Waals surface area contributed by atoms with Crippen LogP contribution < -0.4 is 0 Å². The monoisotopic (exact) mass is 399 g/mol. The van der Waals surface area contributed by atoms with Crippen LogP contribution in [0.4, 0.5) is 0 Å². The Labute approximate surface area is 166 Å². The number of benzene rings is 1. The highest BCUT2D eigenvalue weighted by Crippen LogP contribution is 2.28. The third kappa shape index (κ3) is 4.25. The zero-order valence-corrected chi connectivity index (χ0v) is 16.6. The maximum Gasteiger partial charge on any atom is 0.223 e. The highest BCUT2D eigenvalue weighted by Gasteiger charge is 2.47. The normalized spacial score (nSPS) is 24.1. The second-order valence-corrected chi connectivity index (χ2v) is 9.73. The van der Waals surface area contributed by atoms with Crippen molar-refractivity contribution in [3.05, 3.63) is 66.0 Å². The Bertz CT molecular complexity index is 918. The van der Waals surface area contributed by atoms with E-state index in [0.717, 1.165) is 11.3 Å². The van der Waals surface area contributed by atoms with Crippen LogP contribution in [0.2, 0.25) is 0 Å². The van der Waals surface area contributed by atoms with Crippen molar-refractivity contribution in [1.29, 1.82) is 0 Å². The van der Waals surface area contributed by atoms with E-state index in [0.29, 0.717) is 32.5 Å². The van der Waals surface area contributed by atoms with E-state index in [1.165, 1.54) is 0 Å². The molecule has 2 fully saturated rings. The Hall–Kier alpha value is -2.25. The highest BCUT2D eigenvalue weighted by molar-refractivity contribution is 7.91. The molecule has 2 aliphatic heterocycles. The molecule has 4 rings (SSSR count). The van der Waals surface area contributed by atoms with E-state index in [4.69, 9.17) is 0 Å². The van der Waals surface area contributed by atoms with Crippen LogP contribution in [-0.4, -0.2) is 65.8 Å². The molecule has 2 aromatic rings. The Morgan fingerprint density at radius 1 is 1.00 bits per heavy atom. The molecule has 1 amide bonds. The molecule has 148 valence electrons. The molecule has 2 aliphatic rings. The highest BCUT2D eigenvalue weighted by atomic mass is 32.2. The predicted octanol–water partition coefficient (Wildman–Crippen LogP) is 1.52. The van der Waals surface area contributed by atoms with Crippen LogP contribution in [-0.2, 0) is 27.6 Å². The molecule has 2 atom stereocenters. The van der Waals surface area contributed by atoms with Gasteiger partial charge in [-0.3, -0.25) is 14.7 Å². The number of sulfone groups is 1. The standard InChI is InChI=1S/C21H25N3O3S/c25-21(10-9-17-6-2-1-3-7-17)24-13-12-23(14-18-8-4-5-11-22-18)19-15-28(26,27)16-20(19)24/h1-8,11,19-20H,9-10,12-16H2/t19-,20+/m1/s1. The molecule has 0 unspecified atom stereocenters. The lowest BCUT2D eigenvalue weighted by atomic mass is 10.0. The summed E-state index contributed by atoms with van der Waals surface area (Å²) in [6.45, 7) is 1.85. The second kappa shape index (κ2) is 8.01. The number of aromatic nitrogens is 1. The molecule has 0 N–H and O–H groups in total. The fraction of sp³-hybridized carbons (Fsp3) is 0.429. The van der Waals surface area contributed by atoms with Crippen molar-refractivity contribution in [2.24, 2.45) is 0 Å². The van der Waals surface area contributed by atoms with Crippen molar-refractivity contribution in [2.45, 2.75) is 31.5 Å². The topological polar surface area (TPSA) is 70.6 Å². The lowest BCUT2D eigenvalue weighted by molar-refractivity contribution is -0.137. The van der Waals surface area contributed by atoms with E-state index in [-0.39, 0.29) is 29.5 Å². The van der Waals surface area contributed by atoms with Gasteiger partial charge in [0, 0.05) is 38.3 Å². The summed E-state index contributed by atoms with van der Waals surface area (Å²) in [7, 11) is -3.14. The minimum Gasteiger partial charge on any atom is -0.336 e. The molecular weight excluding hydrogens is 374 g/mol. The van der Waals surface area contributed by atoms with Gasteiger partial charge in [0.2, 0.25) is 5.91 Å². The van der Waals surface area contributed by atoms with Crippen molar-refractivity contribution in [3.8, 4) is 0 Å². The SMILES string of the molecule is O=C(CCc1ccccc1)N1CCN(Cc2ccccn2)[C@@H]2CS(=O)(=O)C[C@@H]21. The lowest BCUT2D eigenvalue weighted by Crippen LogP contribution is -2.60. The van der Waals surface area contributed by atoms with Gasteiger partial charge < -0.3 is 4.90 Å². The minimum absolute atomic E-state index is 0.0495. The van der Waals surface area contributed by atoms with Gasteiger partial charge in [0.05, 0.1) is 23.2 Å². The number of hydrogen-bond donors (Lipinski definition) is 0. The molecule has 28 heavy (non-hydrogen) atoms. The number of aryl methyl sites for hydroxylation is 1. The van der Waals surface area contributed by atoms with Crippen LogP contribution in [0.1, 0.15) is 17.7 Å². The number of pyridine rings is 1. The summed E-state index contributed by atoms with van der Waals surface area (Å²) in [5.41, 5.74) is 2.05. The molecule has 0 radical (unpaired) electrons. The van der Waals surface area contributed by atoms with E-state index in [1.807, 2.05) is 53.4 Å². The molecular formula is C21H25N3O3S. The number of hydrogen-bond acceptors (Lipinski definition) is 5. The predicted molar refractivity (Wildman–Crippen MR) is 107 cm³/mol. The van der Waals surface area contributed by atoms with Crippen LogP contribution in [0.5, 0.6) is 0 Å². The van der Waals surface area contributed by atoms with Gasteiger partial charge in [0.25, 0.3) is 0 Å². The van der Waals surface area contributed by atoms with Gasteiger partial charge in [0.1, 0.15) is 0 Å². The first kappa shape index (κ1) is 19.1. The largest absolute Gasteiger partial charge is 0.336 e. The van der Waals surface area contributed by atoms with Crippen LogP contribution >= 0.6 is 0 Å². The van der Waals surface area contributed by atoms with Gasteiger partial charge in [-0.1, -0.05) is 36.4 Å². The summed E-state index contributed by atoms with van der Waals surface area (Å²) in [5, 5.41) is 0. The van der Waals surface area contributed by atoms with Crippen LogP contribution in [0.15, 0.2) is 54.7 Å². The summed E-state index contributed by atoms with van der Waals surface area (Å²) >= 11 is 0. The van der Waals surface area contributed by atoms with Crippen molar-refractivity contribution in [2.75, 3.05) is 24.6 Å². The van der Waals surface area contributed by atoms with Gasteiger partial charge in [-0.2, -0.15) is 0 Å². The van der Waals surface area contributed by atoms with Crippen molar-refractivity contribution < 1.29 is 13.2 Å². The summed E-state index contributed by atoms with van der Waals surface area (Å²) in [6.07, 6.45) is 2.84. The van der Waals surface area contributed by atoms with E-state index in [9.17, 15) is 13.2 Å². The molecule has 7 heteroatoms. The number of carbonyl (C=O) groups excluding carboxylic acids is 1. The fourth-order valence-electron chi connectivity index (χ4n) is 4.27. The van der Waals surface area contributed by atoms with Crippen LogP contribution in [0.3, 0.4) is 0 Å². The summed E-state index contributed by atoms with van der Waals surface area (Å²) in [4.78, 5) is 21.3. The first-order chi connectivity index (χ1) is 13.5. The number of fused-ring (bicyclic) bond motifs is 1. The zero-order chi connectivity index (χ0) is 19.6. The molecule has 1 aromatic carbocycles. The lowest BCUT2D eigenvalue weighted by Gasteiger charge is -2.43. The van der Waals surface area contributed by atoms with Gasteiger partial charge in [-0.05, 0) is 24.1 Å². The van der Waals surface area contributed by atoms with E-state index in [1.54, 1.807) is 6.20 Å². The number of nitrogens with zero attached hydrogens (tertiary/aromatic N) is 3. The molecule has 3 heterocycles. The molecule has 0 saturated carbocycles. The number of amides is 1. The maximum atomic E-state index is 12.9. The maximum absolute atomic E-state index is 12.9. The van der Waals surface area contributed by atoms with Gasteiger partial charge in [-0.15, -0.1) is 0 Å². The van der Waals surface area contributed by atoms with Gasteiger partial charge in [-0.25, -0.2) is 8.42 Å². The number of carbonyl (C=O) groups is 1. The molecule has 0 spiro atoms. The second-order valence-electron chi connectivity index (χ2n) is 7.58. The van der Waals surface area contributed by atoms with Crippen molar-refractivity contribution in [3.63, 3.8) is 0 Å². The average Bonchev–Trinajstić information content (AvgIpc) is 3.03. The van der Waals surface area contributed by atoms with Crippen molar-refractivity contribution >= 4 is 15.7 Å². The molecule has 6 nitrogen and oxygen atoms in total. The first-order valence-electron chi connectivity index (χ1n) is 9.70. The van der Waals surface area contributed by atoms with Gasteiger partial charge in [0.15, 0.2) is 9.84 Å². The quantitative estimate of drug-likeness (QED) is 0.763. The Morgan fingerprint density at radius 2 is 1.75 bits per heavy atom. The third-order valence-corrected chi connectivity index (χ3v) is 7.37. The minimum atomic E-state index is -3.14. The van der Waals surface area contributed by atoms with E-state index < -0.39 is 9.84 Å². The summed E-state index contributed by atoms with van der Waals surface area (Å²) in [6, 6.07) is 15.3. The molecule has 0 aliphatic carbocycles. The Morgan fingerprint density at radius 3 is 2.50 bits per heavy atom. The zero-order valence-electron chi connectivity index (χ0n) is 15.8. The number of rotatable bonds is 5. The molecule has 2 saturated heterocycles. The smallest absolute Gasteiger partial charge is 0.223 e. The summed E-state index contributed by atoms with van der Waals surface area (Å²) < 4.78 is 24.7. The number of piperazine rings is 1. The molecule has 0 bridgehead atoms.